The van der Waals surface area contributed by atoms with E-state index in [0.717, 1.165) is 17.1 Å². The predicted octanol–water partition coefficient (Wildman–Crippen LogP) is 2.54. The van der Waals surface area contributed by atoms with E-state index in [1.165, 1.54) is 0 Å². The zero-order valence-electron chi connectivity index (χ0n) is 8.03. The van der Waals surface area contributed by atoms with Gasteiger partial charge in [0.25, 0.3) is 0 Å². The molecule has 2 aromatic rings. The van der Waals surface area contributed by atoms with Crippen LogP contribution in [-0.2, 0) is 0 Å². The second kappa shape index (κ2) is 3.42. The van der Waals surface area contributed by atoms with Crippen LogP contribution in [0.5, 0.6) is 0 Å². The lowest BCUT2D eigenvalue weighted by atomic mass is 10.3. The standard InChI is InChI=1S/C10H10ClN3/c1-7-3-4-10(12-5-7)14-6-9(11)8(2)13-14/h3-6H,1-2H3. The first-order chi connectivity index (χ1) is 6.66. The summed E-state index contributed by atoms with van der Waals surface area (Å²) in [5, 5.41) is 4.89. The minimum atomic E-state index is 0.660. The Morgan fingerprint density at radius 1 is 1.29 bits per heavy atom. The first-order valence-corrected chi connectivity index (χ1v) is 4.69. The molecule has 0 aliphatic rings. The highest BCUT2D eigenvalue weighted by Crippen LogP contribution is 2.14. The fourth-order valence-corrected chi connectivity index (χ4v) is 1.28. The molecule has 0 amide bonds. The summed E-state index contributed by atoms with van der Waals surface area (Å²) in [6.07, 6.45) is 3.56. The van der Waals surface area contributed by atoms with Crippen LogP contribution in [0.2, 0.25) is 5.02 Å². The third kappa shape index (κ3) is 1.63. The highest BCUT2D eigenvalue weighted by Gasteiger charge is 2.03. The number of aryl methyl sites for hydroxylation is 2. The predicted molar refractivity (Wildman–Crippen MR) is 55.8 cm³/mol. The lowest BCUT2D eigenvalue weighted by Gasteiger charge is -1.99. The number of aromatic nitrogens is 3. The highest BCUT2D eigenvalue weighted by atomic mass is 35.5. The van der Waals surface area contributed by atoms with Crippen molar-refractivity contribution in [3.8, 4) is 5.82 Å². The fourth-order valence-electron chi connectivity index (χ4n) is 1.15. The SMILES string of the molecule is Cc1ccc(-n2cc(Cl)c(C)n2)nc1. The van der Waals surface area contributed by atoms with Crippen LogP contribution >= 0.6 is 11.6 Å². The monoisotopic (exact) mass is 207 g/mol. The number of rotatable bonds is 1. The van der Waals surface area contributed by atoms with Crippen LogP contribution in [0.1, 0.15) is 11.3 Å². The number of halogens is 1. The van der Waals surface area contributed by atoms with Gasteiger partial charge in [-0.05, 0) is 25.5 Å². The zero-order valence-corrected chi connectivity index (χ0v) is 8.78. The topological polar surface area (TPSA) is 30.7 Å². The van der Waals surface area contributed by atoms with E-state index in [2.05, 4.69) is 10.1 Å². The molecule has 0 fully saturated rings. The zero-order chi connectivity index (χ0) is 10.1. The Morgan fingerprint density at radius 2 is 2.07 bits per heavy atom. The Bertz CT molecular complexity index is 425. The van der Waals surface area contributed by atoms with Crippen LogP contribution < -0.4 is 0 Å². The minimum Gasteiger partial charge on any atom is -0.237 e. The van der Waals surface area contributed by atoms with Gasteiger partial charge in [-0.25, -0.2) is 9.67 Å². The van der Waals surface area contributed by atoms with Crippen LogP contribution in [0, 0.1) is 13.8 Å². The Morgan fingerprint density at radius 3 is 2.57 bits per heavy atom. The summed E-state index contributed by atoms with van der Waals surface area (Å²) < 4.78 is 1.68. The summed E-state index contributed by atoms with van der Waals surface area (Å²) in [5.74, 6) is 0.783. The Kier molecular flexibility index (Phi) is 2.25. The molecule has 0 aliphatic carbocycles. The third-order valence-corrected chi connectivity index (χ3v) is 2.34. The van der Waals surface area contributed by atoms with Crippen LogP contribution in [0.4, 0.5) is 0 Å². The lowest BCUT2D eigenvalue weighted by molar-refractivity contribution is 0.831. The van der Waals surface area contributed by atoms with E-state index in [1.807, 2.05) is 26.0 Å². The number of nitrogens with zero attached hydrogens (tertiary/aromatic N) is 3. The Labute approximate surface area is 87.3 Å². The molecule has 2 aromatic heterocycles. The minimum absolute atomic E-state index is 0.660. The molecule has 14 heavy (non-hydrogen) atoms. The van der Waals surface area contributed by atoms with Crippen molar-refractivity contribution in [1.29, 1.82) is 0 Å². The van der Waals surface area contributed by atoms with Crippen molar-refractivity contribution in [2.45, 2.75) is 13.8 Å². The van der Waals surface area contributed by atoms with Crippen molar-refractivity contribution in [3.05, 3.63) is 40.8 Å². The van der Waals surface area contributed by atoms with Gasteiger partial charge in [-0.15, -0.1) is 0 Å². The van der Waals surface area contributed by atoms with E-state index in [1.54, 1.807) is 17.1 Å². The van der Waals surface area contributed by atoms with Gasteiger partial charge in [0.2, 0.25) is 0 Å². The van der Waals surface area contributed by atoms with Crippen molar-refractivity contribution in [2.75, 3.05) is 0 Å². The molecule has 0 saturated heterocycles. The molecule has 2 heterocycles. The van der Waals surface area contributed by atoms with Crippen molar-refractivity contribution in [1.82, 2.24) is 14.8 Å². The van der Waals surface area contributed by atoms with Crippen LogP contribution in [0.25, 0.3) is 5.82 Å². The smallest absolute Gasteiger partial charge is 0.153 e. The average molecular weight is 208 g/mol. The molecular formula is C10H10ClN3. The molecule has 2 rings (SSSR count). The molecule has 0 unspecified atom stereocenters. The van der Waals surface area contributed by atoms with E-state index in [4.69, 9.17) is 11.6 Å². The van der Waals surface area contributed by atoms with Gasteiger partial charge >= 0.3 is 0 Å². The number of hydrogen-bond donors (Lipinski definition) is 0. The molecule has 0 aliphatic heterocycles. The largest absolute Gasteiger partial charge is 0.237 e. The van der Waals surface area contributed by atoms with Gasteiger partial charge < -0.3 is 0 Å². The van der Waals surface area contributed by atoms with Gasteiger partial charge in [-0.2, -0.15) is 5.10 Å². The molecule has 0 spiro atoms. The summed E-state index contributed by atoms with van der Waals surface area (Å²) in [4.78, 5) is 4.24. The first kappa shape index (κ1) is 9.21. The summed E-state index contributed by atoms with van der Waals surface area (Å²) in [6, 6.07) is 3.91. The van der Waals surface area contributed by atoms with Crippen molar-refractivity contribution < 1.29 is 0 Å². The average Bonchev–Trinajstić information content (AvgIpc) is 2.48. The van der Waals surface area contributed by atoms with Crippen LogP contribution in [0.3, 0.4) is 0 Å². The molecule has 0 aromatic carbocycles. The lowest BCUT2D eigenvalue weighted by Crippen LogP contribution is -1.97. The normalized spacial score (nSPS) is 10.5. The van der Waals surface area contributed by atoms with Gasteiger partial charge in [-0.3, -0.25) is 0 Å². The van der Waals surface area contributed by atoms with Gasteiger partial charge in [0.1, 0.15) is 0 Å². The van der Waals surface area contributed by atoms with E-state index in [9.17, 15) is 0 Å². The van der Waals surface area contributed by atoms with Crippen molar-refractivity contribution in [3.63, 3.8) is 0 Å². The molecule has 0 radical (unpaired) electrons. The third-order valence-electron chi connectivity index (χ3n) is 1.97. The second-order valence-corrected chi connectivity index (χ2v) is 3.61. The summed E-state index contributed by atoms with van der Waals surface area (Å²) in [5.41, 5.74) is 1.94. The summed E-state index contributed by atoms with van der Waals surface area (Å²) in [7, 11) is 0. The molecule has 0 atom stereocenters. The maximum Gasteiger partial charge on any atom is 0.153 e. The molecule has 0 bridgehead atoms. The molecular weight excluding hydrogens is 198 g/mol. The molecule has 3 nitrogen and oxygen atoms in total. The van der Waals surface area contributed by atoms with E-state index >= 15 is 0 Å². The maximum absolute atomic E-state index is 5.90. The van der Waals surface area contributed by atoms with Crippen molar-refractivity contribution in [2.24, 2.45) is 0 Å². The highest BCUT2D eigenvalue weighted by molar-refractivity contribution is 6.31. The van der Waals surface area contributed by atoms with Gasteiger partial charge in [-0.1, -0.05) is 17.7 Å². The molecule has 4 heteroatoms. The number of hydrogen-bond acceptors (Lipinski definition) is 2. The Hall–Kier alpha value is -1.35. The van der Waals surface area contributed by atoms with E-state index in [0.29, 0.717) is 5.02 Å². The first-order valence-electron chi connectivity index (χ1n) is 4.31. The Balaban J connectivity index is 2.44. The molecule has 0 N–H and O–H groups in total. The van der Waals surface area contributed by atoms with Crippen LogP contribution in [0.15, 0.2) is 24.5 Å². The summed E-state index contributed by atoms with van der Waals surface area (Å²) in [6.45, 7) is 3.87. The maximum atomic E-state index is 5.90. The van der Waals surface area contributed by atoms with Gasteiger partial charge in [0.15, 0.2) is 5.82 Å². The number of pyridine rings is 1. The molecule has 72 valence electrons. The van der Waals surface area contributed by atoms with E-state index < -0.39 is 0 Å². The van der Waals surface area contributed by atoms with Crippen molar-refractivity contribution >= 4 is 11.6 Å². The van der Waals surface area contributed by atoms with Gasteiger partial charge in [0, 0.05) is 6.20 Å². The van der Waals surface area contributed by atoms with Crippen LogP contribution in [-0.4, -0.2) is 14.8 Å². The van der Waals surface area contributed by atoms with Gasteiger partial charge in [0.05, 0.1) is 16.9 Å². The molecule has 0 saturated carbocycles. The quantitative estimate of drug-likeness (QED) is 0.720. The summed E-state index contributed by atoms with van der Waals surface area (Å²) >= 11 is 5.90. The van der Waals surface area contributed by atoms with E-state index in [-0.39, 0.29) is 0 Å². The fraction of sp³-hybridized carbons (Fsp3) is 0.200. The second-order valence-electron chi connectivity index (χ2n) is 3.20.